The minimum Gasteiger partial charge on any atom is -0.494 e. The second-order valence-electron chi connectivity index (χ2n) is 4.16. The zero-order valence-electron chi connectivity index (χ0n) is 11.6. The zero-order valence-corrected chi connectivity index (χ0v) is 11.6. The molecule has 0 radical (unpaired) electrons. The van der Waals surface area contributed by atoms with Crippen LogP contribution in [0.3, 0.4) is 0 Å². The van der Waals surface area contributed by atoms with Crippen molar-refractivity contribution in [2.75, 3.05) is 13.7 Å². The molecular formula is C16H17FO3. The van der Waals surface area contributed by atoms with E-state index in [4.69, 9.17) is 14.2 Å². The molecule has 4 heteroatoms. The Morgan fingerprint density at radius 3 is 2.15 bits per heavy atom. The van der Waals surface area contributed by atoms with Gasteiger partial charge in [0.25, 0.3) is 0 Å². The van der Waals surface area contributed by atoms with Crippen molar-refractivity contribution in [1.29, 1.82) is 0 Å². The Balaban J connectivity index is 1.96. The summed E-state index contributed by atoms with van der Waals surface area (Å²) in [7, 11) is 1.44. The first-order valence-corrected chi connectivity index (χ1v) is 6.41. The first kappa shape index (κ1) is 14.2. The molecule has 2 aromatic rings. The van der Waals surface area contributed by atoms with Gasteiger partial charge in [-0.25, -0.2) is 4.39 Å². The highest BCUT2D eigenvalue weighted by Crippen LogP contribution is 2.21. The average molecular weight is 276 g/mol. The van der Waals surface area contributed by atoms with Crippen molar-refractivity contribution in [2.45, 2.75) is 13.5 Å². The molecule has 0 spiro atoms. The Kier molecular flexibility index (Phi) is 4.82. The van der Waals surface area contributed by atoms with E-state index in [9.17, 15) is 4.39 Å². The predicted molar refractivity (Wildman–Crippen MR) is 74.9 cm³/mol. The van der Waals surface area contributed by atoms with Crippen molar-refractivity contribution in [1.82, 2.24) is 0 Å². The van der Waals surface area contributed by atoms with Crippen LogP contribution in [-0.2, 0) is 6.61 Å². The number of rotatable bonds is 6. The van der Waals surface area contributed by atoms with Crippen molar-refractivity contribution in [2.24, 2.45) is 0 Å². The molecule has 2 aromatic carbocycles. The fraction of sp³-hybridized carbons (Fsp3) is 0.250. The molecule has 0 fully saturated rings. The summed E-state index contributed by atoms with van der Waals surface area (Å²) in [5.41, 5.74) is 0.747. The van der Waals surface area contributed by atoms with Crippen LogP contribution in [0.25, 0.3) is 0 Å². The molecule has 0 saturated heterocycles. The van der Waals surface area contributed by atoms with Gasteiger partial charge in [-0.1, -0.05) is 6.07 Å². The molecule has 0 bridgehead atoms. The van der Waals surface area contributed by atoms with Crippen LogP contribution in [0.15, 0.2) is 42.5 Å². The van der Waals surface area contributed by atoms with Crippen LogP contribution in [0.1, 0.15) is 12.5 Å². The highest BCUT2D eigenvalue weighted by molar-refractivity contribution is 5.32. The lowest BCUT2D eigenvalue weighted by Gasteiger charge is -2.09. The maximum Gasteiger partial charge on any atom is 0.165 e. The maximum absolute atomic E-state index is 13.5. The third-order valence-electron chi connectivity index (χ3n) is 2.76. The third-order valence-corrected chi connectivity index (χ3v) is 2.76. The summed E-state index contributed by atoms with van der Waals surface area (Å²) in [4.78, 5) is 0. The smallest absolute Gasteiger partial charge is 0.165 e. The fourth-order valence-corrected chi connectivity index (χ4v) is 1.77. The van der Waals surface area contributed by atoms with Crippen molar-refractivity contribution in [3.63, 3.8) is 0 Å². The molecule has 0 amide bonds. The lowest BCUT2D eigenvalue weighted by molar-refractivity contribution is 0.302. The molecule has 2 rings (SSSR count). The van der Waals surface area contributed by atoms with Gasteiger partial charge in [-0.2, -0.15) is 0 Å². The third kappa shape index (κ3) is 3.63. The molecule has 0 aliphatic carbocycles. The summed E-state index contributed by atoms with van der Waals surface area (Å²) >= 11 is 0. The van der Waals surface area contributed by atoms with Gasteiger partial charge in [0.05, 0.1) is 13.7 Å². The van der Waals surface area contributed by atoms with Crippen LogP contribution < -0.4 is 14.2 Å². The molecule has 0 aromatic heterocycles. The zero-order chi connectivity index (χ0) is 14.4. The lowest BCUT2D eigenvalue weighted by atomic mass is 10.2. The molecule has 0 aliphatic rings. The topological polar surface area (TPSA) is 27.7 Å². The van der Waals surface area contributed by atoms with E-state index in [0.717, 1.165) is 11.3 Å². The van der Waals surface area contributed by atoms with Gasteiger partial charge in [-0.15, -0.1) is 0 Å². The molecule has 106 valence electrons. The highest BCUT2D eigenvalue weighted by Gasteiger charge is 2.04. The van der Waals surface area contributed by atoms with E-state index in [1.807, 2.05) is 31.2 Å². The van der Waals surface area contributed by atoms with Gasteiger partial charge in [-0.05, 0) is 48.9 Å². The Morgan fingerprint density at radius 1 is 0.950 bits per heavy atom. The largest absolute Gasteiger partial charge is 0.494 e. The average Bonchev–Trinajstić information content (AvgIpc) is 2.47. The molecule has 0 N–H and O–H groups in total. The summed E-state index contributed by atoms with van der Waals surface area (Å²) in [6.45, 7) is 2.86. The molecule has 0 atom stereocenters. The molecule has 0 saturated carbocycles. The van der Waals surface area contributed by atoms with Crippen LogP contribution in [0.2, 0.25) is 0 Å². The van der Waals surface area contributed by atoms with Gasteiger partial charge in [0.2, 0.25) is 0 Å². The lowest BCUT2D eigenvalue weighted by Crippen LogP contribution is -1.97. The van der Waals surface area contributed by atoms with Gasteiger partial charge in [-0.3, -0.25) is 0 Å². The number of hydrogen-bond donors (Lipinski definition) is 0. The molecule has 0 aliphatic heterocycles. The summed E-state index contributed by atoms with van der Waals surface area (Å²) < 4.78 is 29.3. The van der Waals surface area contributed by atoms with Crippen molar-refractivity contribution in [3.8, 4) is 17.2 Å². The van der Waals surface area contributed by atoms with E-state index < -0.39 is 0 Å². The van der Waals surface area contributed by atoms with E-state index in [0.29, 0.717) is 19.0 Å². The second-order valence-corrected chi connectivity index (χ2v) is 4.16. The van der Waals surface area contributed by atoms with Crippen LogP contribution in [-0.4, -0.2) is 13.7 Å². The molecular weight excluding hydrogens is 259 g/mol. The van der Waals surface area contributed by atoms with E-state index in [1.165, 1.54) is 13.2 Å². The number of methoxy groups -OCH3 is 1. The molecule has 20 heavy (non-hydrogen) atoms. The second kappa shape index (κ2) is 6.80. The van der Waals surface area contributed by atoms with E-state index in [2.05, 4.69) is 0 Å². The van der Waals surface area contributed by atoms with Crippen LogP contribution >= 0.6 is 0 Å². The Hall–Kier alpha value is -2.23. The summed E-state index contributed by atoms with van der Waals surface area (Å²) in [5, 5.41) is 0. The van der Waals surface area contributed by atoms with Crippen LogP contribution in [0.5, 0.6) is 17.2 Å². The Labute approximate surface area is 117 Å². The summed E-state index contributed by atoms with van der Waals surface area (Å²) in [6.07, 6.45) is 0. The van der Waals surface area contributed by atoms with Crippen molar-refractivity contribution >= 4 is 0 Å². The first-order valence-electron chi connectivity index (χ1n) is 6.41. The van der Waals surface area contributed by atoms with E-state index in [1.54, 1.807) is 12.1 Å². The van der Waals surface area contributed by atoms with Crippen LogP contribution in [0.4, 0.5) is 4.39 Å². The first-order chi connectivity index (χ1) is 9.72. The van der Waals surface area contributed by atoms with Gasteiger partial charge >= 0.3 is 0 Å². The molecule has 3 nitrogen and oxygen atoms in total. The molecule has 0 heterocycles. The summed E-state index contributed by atoms with van der Waals surface area (Å²) in [5.74, 6) is 1.36. The minimum atomic E-state index is -0.389. The number of halogens is 1. The molecule has 0 unspecified atom stereocenters. The van der Waals surface area contributed by atoms with Crippen LogP contribution in [0, 0.1) is 5.82 Å². The highest BCUT2D eigenvalue weighted by atomic mass is 19.1. The van der Waals surface area contributed by atoms with E-state index >= 15 is 0 Å². The van der Waals surface area contributed by atoms with Crippen molar-refractivity contribution in [3.05, 3.63) is 53.8 Å². The van der Waals surface area contributed by atoms with Crippen molar-refractivity contribution < 1.29 is 18.6 Å². The van der Waals surface area contributed by atoms with Gasteiger partial charge in [0.15, 0.2) is 11.6 Å². The monoisotopic (exact) mass is 276 g/mol. The van der Waals surface area contributed by atoms with E-state index in [-0.39, 0.29) is 11.6 Å². The SMILES string of the molecule is CCOc1ccc(OCc2ccc(OC)c(F)c2)cc1. The predicted octanol–water partition coefficient (Wildman–Crippen LogP) is 3.81. The normalized spacial score (nSPS) is 10.2. The summed E-state index contributed by atoms with van der Waals surface area (Å²) in [6, 6.07) is 12.1. The van der Waals surface area contributed by atoms with Gasteiger partial charge in [0.1, 0.15) is 18.1 Å². The quantitative estimate of drug-likeness (QED) is 0.803. The standard InChI is InChI=1S/C16H17FO3/c1-3-19-13-5-7-14(8-6-13)20-11-12-4-9-16(18-2)15(17)10-12/h4-10H,3,11H2,1-2H3. The Bertz CT molecular complexity index is 552. The fourth-order valence-electron chi connectivity index (χ4n) is 1.77. The number of hydrogen-bond acceptors (Lipinski definition) is 3. The Morgan fingerprint density at radius 2 is 1.60 bits per heavy atom. The van der Waals surface area contributed by atoms with Gasteiger partial charge < -0.3 is 14.2 Å². The number of benzene rings is 2. The number of ether oxygens (including phenoxy) is 3. The van der Waals surface area contributed by atoms with Gasteiger partial charge in [0, 0.05) is 0 Å². The minimum absolute atomic E-state index is 0.231. The maximum atomic E-state index is 13.5.